The van der Waals surface area contributed by atoms with E-state index < -0.39 is 15.9 Å². The quantitative estimate of drug-likeness (QED) is 0.884. The van der Waals surface area contributed by atoms with E-state index >= 15 is 0 Å². The Labute approximate surface area is 125 Å². The number of hydrogen-bond donors (Lipinski definition) is 2. The van der Waals surface area contributed by atoms with E-state index in [0.717, 1.165) is 6.42 Å². The summed E-state index contributed by atoms with van der Waals surface area (Å²) in [5.74, 6) is 0.785. The number of nitrogens with one attached hydrogen (secondary N) is 1. The summed E-state index contributed by atoms with van der Waals surface area (Å²) < 4.78 is 27.8. The van der Waals surface area contributed by atoms with Crippen LogP contribution in [-0.4, -0.2) is 20.9 Å². The summed E-state index contributed by atoms with van der Waals surface area (Å²) in [6.45, 7) is 4.26. The van der Waals surface area contributed by atoms with Crippen molar-refractivity contribution in [2.24, 2.45) is 17.0 Å². The monoisotopic (exact) mass is 314 g/mol. The van der Waals surface area contributed by atoms with Gasteiger partial charge in [0.15, 0.2) is 5.76 Å². The van der Waals surface area contributed by atoms with Crippen molar-refractivity contribution in [3.05, 3.63) is 17.6 Å². The predicted octanol–water partition coefficient (Wildman–Crippen LogP) is 1.79. The lowest BCUT2D eigenvalue weighted by molar-refractivity contribution is 0.0907. The van der Waals surface area contributed by atoms with E-state index in [1.807, 2.05) is 0 Å². The van der Waals surface area contributed by atoms with Crippen molar-refractivity contribution in [3.63, 3.8) is 0 Å². The molecule has 7 heteroatoms. The number of amides is 1. The molecule has 21 heavy (non-hydrogen) atoms. The summed E-state index contributed by atoms with van der Waals surface area (Å²) in [4.78, 5) is 11.9. The summed E-state index contributed by atoms with van der Waals surface area (Å²) in [6.07, 6.45) is 4.75. The van der Waals surface area contributed by atoms with E-state index in [1.165, 1.54) is 32.3 Å². The van der Waals surface area contributed by atoms with E-state index in [9.17, 15) is 13.2 Å². The highest BCUT2D eigenvalue weighted by Crippen LogP contribution is 2.29. The minimum atomic E-state index is -3.86. The number of hydrogen-bond acceptors (Lipinski definition) is 4. The molecule has 1 aliphatic rings. The average Bonchev–Trinajstić information content (AvgIpc) is 2.79. The molecule has 0 radical (unpaired) electrons. The van der Waals surface area contributed by atoms with Crippen molar-refractivity contribution in [1.82, 2.24) is 5.32 Å². The van der Waals surface area contributed by atoms with Crippen molar-refractivity contribution in [3.8, 4) is 0 Å². The third-order valence-electron chi connectivity index (χ3n) is 4.22. The smallest absolute Gasteiger partial charge is 0.287 e. The van der Waals surface area contributed by atoms with Crippen molar-refractivity contribution in [2.75, 3.05) is 6.54 Å². The number of primary sulfonamides is 1. The predicted molar refractivity (Wildman–Crippen MR) is 78.3 cm³/mol. The molecule has 0 bridgehead atoms. The molecule has 3 N–H and O–H groups in total. The van der Waals surface area contributed by atoms with Gasteiger partial charge < -0.3 is 9.73 Å². The summed E-state index contributed by atoms with van der Waals surface area (Å²) in [5.41, 5.74) is 0. The van der Waals surface area contributed by atoms with Gasteiger partial charge in [0.25, 0.3) is 5.91 Å². The molecule has 2 atom stereocenters. The summed E-state index contributed by atoms with van der Waals surface area (Å²) in [7, 11) is -3.86. The summed E-state index contributed by atoms with van der Waals surface area (Å²) in [6, 6.07) is 1.18. The van der Waals surface area contributed by atoms with Crippen LogP contribution in [0.25, 0.3) is 0 Å². The molecule has 0 aliphatic heterocycles. The average molecular weight is 314 g/mol. The molecule has 1 fully saturated rings. The molecule has 1 aromatic heterocycles. The molecule has 0 spiro atoms. The summed E-state index contributed by atoms with van der Waals surface area (Å²) >= 11 is 0. The number of sulfonamides is 1. The van der Waals surface area contributed by atoms with Gasteiger partial charge in [0.05, 0.1) is 0 Å². The molecule has 0 saturated heterocycles. The first kappa shape index (κ1) is 16.0. The highest BCUT2D eigenvalue weighted by Gasteiger charge is 2.24. The van der Waals surface area contributed by atoms with Gasteiger partial charge in [-0.1, -0.05) is 26.2 Å². The minimum absolute atomic E-state index is 0.0139. The number of aryl methyl sites for hydroxylation is 1. The Morgan fingerprint density at radius 2 is 2.10 bits per heavy atom. The zero-order chi connectivity index (χ0) is 15.6. The van der Waals surface area contributed by atoms with Crippen LogP contribution in [0.5, 0.6) is 0 Å². The second-order valence-electron chi connectivity index (χ2n) is 5.81. The highest BCUT2D eigenvalue weighted by molar-refractivity contribution is 7.89. The van der Waals surface area contributed by atoms with Gasteiger partial charge in [0.1, 0.15) is 10.7 Å². The molecule has 1 saturated carbocycles. The van der Waals surface area contributed by atoms with Gasteiger partial charge in [0.2, 0.25) is 10.0 Å². The molecule has 1 heterocycles. The molecule has 6 nitrogen and oxygen atoms in total. The van der Waals surface area contributed by atoms with Crippen LogP contribution in [0.4, 0.5) is 0 Å². The minimum Gasteiger partial charge on any atom is -0.455 e. The fraction of sp³-hybridized carbons (Fsp3) is 0.643. The van der Waals surface area contributed by atoms with Gasteiger partial charge in [-0.2, -0.15) is 0 Å². The van der Waals surface area contributed by atoms with Gasteiger partial charge in [-0.3, -0.25) is 4.79 Å². The molecule has 1 aromatic rings. The van der Waals surface area contributed by atoms with Crippen LogP contribution in [0.3, 0.4) is 0 Å². The van der Waals surface area contributed by atoms with E-state index in [0.29, 0.717) is 18.4 Å². The second-order valence-corrected chi connectivity index (χ2v) is 7.34. The first-order chi connectivity index (χ1) is 9.79. The Morgan fingerprint density at radius 1 is 1.43 bits per heavy atom. The fourth-order valence-corrected chi connectivity index (χ4v) is 3.58. The van der Waals surface area contributed by atoms with Crippen LogP contribution in [0.15, 0.2) is 15.4 Å². The first-order valence-corrected chi connectivity index (χ1v) is 8.75. The van der Waals surface area contributed by atoms with Crippen LogP contribution in [-0.2, 0) is 10.0 Å². The topological polar surface area (TPSA) is 102 Å². The van der Waals surface area contributed by atoms with Gasteiger partial charge in [0, 0.05) is 12.6 Å². The molecule has 1 amide bonds. The van der Waals surface area contributed by atoms with Gasteiger partial charge in [-0.25, -0.2) is 13.6 Å². The maximum absolute atomic E-state index is 12.0. The van der Waals surface area contributed by atoms with Crippen molar-refractivity contribution >= 4 is 15.9 Å². The lowest BCUT2D eigenvalue weighted by Crippen LogP contribution is -2.33. The Balaban J connectivity index is 2.01. The van der Waals surface area contributed by atoms with Gasteiger partial charge >= 0.3 is 0 Å². The van der Waals surface area contributed by atoms with Crippen LogP contribution in [0, 0.1) is 18.8 Å². The third kappa shape index (κ3) is 3.85. The van der Waals surface area contributed by atoms with Gasteiger partial charge in [-0.05, 0) is 25.2 Å². The van der Waals surface area contributed by atoms with Crippen LogP contribution >= 0.6 is 0 Å². The van der Waals surface area contributed by atoms with Crippen molar-refractivity contribution in [1.29, 1.82) is 0 Å². The Hall–Kier alpha value is -1.34. The lowest BCUT2D eigenvalue weighted by Gasteiger charge is -2.28. The van der Waals surface area contributed by atoms with E-state index in [2.05, 4.69) is 12.2 Å². The zero-order valence-corrected chi connectivity index (χ0v) is 13.2. The number of carbonyl (C=O) groups is 1. The first-order valence-electron chi connectivity index (χ1n) is 7.20. The fourth-order valence-electron chi connectivity index (χ4n) is 2.87. The molecule has 1 aliphatic carbocycles. The number of furan rings is 1. The standard InChI is InChI=1S/C14H22N2O4S/c1-9-5-3-4-6-11(9)8-16-14(17)12-7-13(10(2)20-12)21(15,18)19/h7,9,11H,3-6,8H2,1-2H3,(H,16,17)(H2,15,18,19). The maximum Gasteiger partial charge on any atom is 0.287 e. The van der Waals surface area contributed by atoms with E-state index in [1.54, 1.807) is 0 Å². The largest absolute Gasteiger partial charge is 0.455 e. The molecular formula is C14H22N2O4S. The molecule has 2 unspecified atom stereocenters. The van der Waals surface area contributed by atoms with Crippen LogP contribution in [0.1, 0.15) is 48.9 Å². The van der Waals surface area contributed by atoms with Crippen LogP contribution < -0.4 is 10.5 Å². The maximum atomic E-state index is 12.0. The normalized spacial score (nSPS) is 23.0. The third-order valence-corrected chi connectivity index (χ3v) is 5.23. The van der Waals surface area contributed by atoms with Crippen molar-refractivity contribution < 1.29 is 17.6 Å². The Morgan fingerprint density at radius 3 is 2.67 bits per heavy atom. The van der Waals surface area contributed by atoms with Crippen LogP contribution in [0.2, 0.25) is 0 Å². The summed E-state index contributed by atoms with van der Waals surface area (Å²) in [5, 5.41) is 7.88. The van der Waals surface area contributed by atoms with E-state index in [4.69, 9.17) is 9.56 Å². The van der Waals surface area contributed by atoms with Crippen molar-refractivity contribution in [2.45, 2.75) is 44.4 Å². The second kappa shape index (κ2) is 6.19. The molecule has 118 valence electrons. The zero-order valence-electron chi connectivity index (χ0n) is 12.4. The number of rotatable bonds is 4. The number of carbonyl (C=O) groups excluding carboxylic acids is 1. The molecule has 0 aromatic carbocycles. The highest BCUT2D eigenvalue weighted by atomic mass is 32.2. The SMILES string of the molecule is Cc1oc(C(=O)NCC2CCCCC2C)cc1S(N)(=O)=O. The number of nitrogens with two attached hydrogens (primary N) is 1. The molecular weight excluding hydrogens is 292 g/mol. The lowest BCUT2D eigenvalue weighted by atomic mass is 9.80. The van der Waals surface area contributed by atoms with E-state index in [-0.39, 0.29) is 16.4 Å². The van der Waals surface area contributed by atoms with Gasteiger partial charge in [-0.15, -0.1) is 0 Å². The Kier molecular flexibility index (Phi) is 4.73. The Bertz CT molecular complexity index is 621. The molecule has 2 rings (SSSR count).